The topological polar surface area (TPSA) is 73.6 Å². The van der Waals surface area contributed by atoms with Gasteiger partial charge in [-0.05, 0) is 67.9 Å². The molecule has 2 aromatic carbocycles. The average Bonchev–Trinajstić information content (AvgIpc) is 3.07. The van der Waals surface area contributed by atoms with E-state index in [-0.39, 0.29) is 17.9 Å². The first kappa shape index (κ1) is 25.3. The van der Waals surface area contributed by atoms with Crippen LogP contribution in [-0.2, 0) is 17.5 Å². The number of benzene rings is 2. The molecule has 4 aromatic rings. The minimum absolute atomic E-state index is 0.0111. The van der Waals surface area contributed by atoms with Gasteiger partial charge in [0, 0.05) is 11.6 Å². The molecule has 2 aromatic heterocycles. The van der Waals surface area contributed by atoms with E-state index in [1.54, 1.807) is 31.2 Å². The molecule has 0 amide bonds. The highest BCUT2D eigenvalue weighted by molar-refractivity contribution is 6.30. The summed E-state index contributed by atoms with van der Waals surface area (Å²) in [4.78, 5) is 14.9. The smallest absolute Gasteiger partial charge is 0.433 e. The molecule has 1 atom stereocenters. The standard InChI is InChI=1S/C25H19ClF4N2O4/c1-13-22(36-17-6-4-16(26)5-7-17)18-8-10-21(25(28,29)30)31-23(18)32(13)12-15-3-9-19(27)20(11-15)35-14(2)24(33)34/h3-11,14H,12H2,1-2H3,(H,33,34)/t14-/m0/s1. The number of ether oxygens (including phenoxy) is 2. The number of halogens is 5. The van der Waals surface area contributed by atoms with Crippen LogP contribution in [0, 0.1) is 12.7 Å². The van der Waals surface area contributed by atoms with Crippen LogP contribution < -0.4 is 9.47 Å². The molecule has 11 heteroatoms. The van der Waals surface area contributed by atoms with Gasteiger partial charge in [-0.3, -0.25) is 0 Å². The van der Waals surface area contributed by atoms with E-state index in [9.17, 15) is 22.4 Å². The lowest BCUT2D eigenvalue weighted by molar-refractivity contribution is -0.144. The maximum atomic E-state index is 14.2. The first-order chi connectivity index (χ1) is 16.9. The van der Waals surface area contributed by atoms with Crippen molar-refractivity contribution in [2.24, 2.45) is 0 Å². The Morgan fingerprint density at radius 1 is 1.14 bits per heavy atom. The van der Waals surface area contributed by atoms with Gasteiger partial charge in [-0.15, -0.1) is 0 Å². The number of carboxylic acid groups (broad SMARTS) is 1. The molecule has 0 saturated heterocycles. The number of aromatic nitrogens is 2. The van der Waals surface area contributed by atoms with Crippen LogP contribution in [0.25, 0.3) is 11.0 Å². The fourth-order valence-corrected chi connectivity index (χ4v) is 3.69. The molecular weight excluding hydrogens is 504 g/mol. The fourth-order valence-electron chi connectivity index (χ4n) is 3.57. The molecule has 0 aliphatic carbocycles. The van der Waals surface area contributed by atoms with Crippen LogP contribution in [0.1, 0.15) is 23.9 Å². The van der Waals surface area contributed by atoms with Gasteiger partial charge in [-0.2, -0.15) is 13.2 Å². The van der Waals surface area contributed by atoms with E-state index in [4.69, 9.17) is 26.2 Å². The molecule has 0 spiro atoms. The Hall–Kier alpha value is -3.79. The maximum absolute atomic E-state index is 14.2. The monoisotopic (exact) mass is 522 g/mol. The Morgan fingerprint density at radius 3 is 2.47 bits per heavy atom. The van der Waals surface area contributed by atoms with E-state index >= 15 is 0 Å². The second kappa shape index (κ2) is 9.69. The van der Waals surface area contributed by atoms with Crippen molar-refractivity contribution in [2.45, 2.75) is 32.7 Å². The molecule has 1 N–H and O–H groups in total. The largest absolute Gasteiger partial charge is 0.479 e. The summed E-state index contributed by atoms with van der Waals surface area (Å²) >= 11 is 5.92. The molecule has 188 valence electrons. The van der Waals surface area contributed by atoms with Crippen molar-refractivity contribution in [1.29, 1.82) is 0 Å². The number of carboxylic acids is 1. The van der Waals surface area contributed by atoms with Crippen LogP contribution >= 0.6 is 11.6 Å². The number of carbonyl (C=O) groups is 1. The summed E-state index contributed by atoms with van der Waals surface area (Å²) in [5.41, 5.74) is -0.152. The van der Waals surface area contributed by atoms with Crippen LogP contribution in [-0.4, -0.2) is 26.7 Å². The van der Waals surface area contributed by atoms with Crippen molar-refractivity contribution in [1.82, 2.24) is 9.55 Å². The molecule has 6 nitrogen and oxygen atoms in total. The summed E-state index contributed by atoms with van der Waals surface area (Å²) in [6.07, 6.45) is -5.97. The third-order valence-electron chi connectivity index (χ3n) is 5.42. The van der Waals surface area contributed by atoms with Gasteiger partial charge >= 0.3 is 12.1 Å². The number of nitrogens with zero attached hydrogens (tertiary/aromatic N) is 2. The summed E-state index contributed by atoms with van der Waals surface area (Å²) in [5, 5.41) is 9.88. The van der Waals surface area contributed by atoms with Gasteiger partial charge in [-0.25, -0.2) is 14.2 Å². The van der Waals surface area contributed by atoms with Crippen molar-refractivity contribution in [2.75, 3.05) is 0 Å². The van der Waals surface area contributed by atoms with Crippen molar-refractivity contribution in [3.05, 3.63) is 82.4 Å². The van der Waals surface area contributed by atoms with E-state index in [1.807, 2.05) is 0 Å². The Morgan fingerprint density at radius 2 is 1.83 bits per heavy atom. The minimum atomic E-state index is -4.67. The highest BCUT2D eigenvalue weighted by Crippen LogP contribution is 2.38. The Kier molecular flexibility index (Phi) is 6.81. The predicted octanol–water partition coefficient (Wildman–Crippen LogP) is 6.85. The molecule has 0 unspecified atom stereocenters. The highest BCUT2D eigenvalue weighted by atomic mass is 35.5. The predicted molar refractivity (Wildman–Crippen MR) is 124 cm³/mol. The highest BCUT2D eigenvalue weighted by Gasteiger charge is 2.33. The summed E-state index contributed by atoms with van der Waals surface area (Å²) in [5.74, 6) is -1.63. The van der Waals surface area contributed by atoms with E-state index < -0.39 is 29.8 Å². The molecule has 2 heterocycles. The molecule has 0 fully saturated rings. The van der Waals surface area contributed by atoms with Gasteiger partial charge < -0.3 is 19.1 Å². The quantitative estimate of drug-likeness (QED) is 0.269. The van der Waals surface area contributed by atoms with Gasteiger partial charge in [0.1, 0.15) is 17.1 Å². The zero-order valence-corrected chi connectivity index (χ0v) is 19.7. The van der Waals surface area contributed by atoms with E-state index in [1.165, 1.54) is 29.7 Å². The summed E-state index contributed by atoms with van der Waals surface area (Å²) in [6.45, 7) is 2.90. The zero-order chi connectivity index (χ0) is 26.2. The van der Waals surface area contributed by atoms with E-state index in [0.29, 0.717) is 33.2 Å². The zero-order valence-electron chi connectivity index (χ0n) is 18.9. The van der Waals surface area contributed by atoms with Gasteiger partial charge in [0.2, 0.25) is 0 Å². The van der Waals surface area contributed by atoms with Gasteiger partial charge in [0.05, 0.1) is 11.1 Å². The van der Waals surface area contributed by atoms with Gasteiger partial charge in [0.15, 0.2) is 23.4 Å². The third-order valence-corrected chi connectivity index (χ3v) is 5.67. The van der Waals surface area contributed by atoms with Crippen LogP contribution in [0.5, 0.6) is 17.2 Å². The lowest BCUT2D eigenvalue weighted by Gasteiger charge is -2.14. The SMILES string of the molecule is Cc1c(Oc2ccc(Cl)cc2)c2ccc(C(F)(F)F)nc2n1Cc1ccc(F)c(O[C@@H](C)C(=O)O)c1. The molecule has 0 bridgehead atoms. The van der Waals surface area contributed by atoms with Crippen molar-refractivity contribution < 1.29 is 36.9 Å². The Balaban J connectivity index is 1.80. The second-order valence-electron chi connectivity index (χ2n) is 7.99. The molecule has 0 aliphatic rings. The number of hydrogen-bond donors (Lipinski definition) is 1. The molecule has 0 radical (unpaired) electrons. The van der Waals surface area contributed by atoms with Crippen LogP contribution in [0.3, 0.4) is 0 Å². The molecule has 36 heavy (non-hydrogen) atoms. The summed E-state index contributed by atoms with van der Waals surface area (Å²) in [7, 11) is 0. The first-order valence-electron chi connectivity index (χ1n) is 10.6. The normalized spacial score (nSPS) is 12.5. The minimum Gasteiger partial charge on any atom is -0.479 e. The Labute approximate surface area is 207 Å². The Bertz CT molecular complexity index is 1440. The lowest BCUT2D eigenvalue weighted by atomic mass is 10.2. The molecule has 0 saturated carbocycles. The van der Waals surface area contributed by atoms with Crippen molar-refractivity contribution in [3.63, 3.8) is 0 Å². The summed E-state index contributed by atoms with van der Waals surface area (Å²) < 4.78 is 67.2. The lowest BCUT2D eigenvalue weighted by Crippen LogP contribution is -2.23. The fraction of sp³-hybridized carbons (Fsp3) is 0.200. The van der Waals surface area contributed by atoms with Crippen molar-refractivity contribution >= 4 is 28.6 Å². The molecule has 0 aliphatic heterocycles. The van der Waals surface area contributed by atoms with Crippen LogP contribution in [0.4, 0.5) is 17.6 Å². The number of rotatable bonds is 7. The van der Waals surface area contributed by atoms with Crippen LogP contribution in [0.2, 0.25) is 5.02 Å². The number of pyridine rings is 1. The van der Waals surface area contributed by atoms with Crippen LogP contribution in [0.15, 0.2) is 54.6 Å². The van der Waals surface area contributed by atoms with E-state index in [0.717, 1.165) is 12.1 Å². The van der Waals surface area contributed by atoms with E-state index in [2.05, 4.69) is 4.98 Å². The number of alkyl halides is 3. The number of hydrogen-bond acceptors (Lipinski definition) is 4. The average molecular weight is 523 g/mol. The second-order valence-corrected chi connectivity index (χ2v) is 8.42. The summed E-state index contributed by atoms with van der Waals surface area (Å²) in [6, 6.07) is 12.4. The maximum Gasteiger partial charge on any atom is 0.433 e. The van der Waals surface area contributed by atoms with Gasteiger partial charge in [0.25, 0.3) is 0 Å². The third kappa shape index (κ3) is 5.23. The van der Waals surface area contributed by atoms with Crippen molar-refractivity contribution in [3.8, 4) is 17.2 Å². The number of fused-ring (bicyclic) bond motifs is 1. The first-order valence-corrected chi connectivity index (χ1v) is 11.0. The van der Waals surface area contributed by atoms with Gasteiger partial charge in [-0.1, -0.05) is 17.7 Å². The molecular formula is C25H19ClF4N2O4. The molecule has 4 rings (SSSR count). The number of aliphatic carboxylic acids is 1.